The van der Waals surface area contributed by atoms with Crippen LogP contribution in [-0.2, 0) is 9.53 Å². The van der Waals surface area contributed by atoms with Crippen molar-refractivity contribution in [1.29, 1.82) is 0 Å². The van der Waals surface area contributed by atoms with E-state index < -0.39 is 6.10 Å². The van der Waals surface area contributed by atoms with Gasteiger partial charge in [-0.05, 0) is 6.92 Å². The van der Waals surface area contributed by atoms with E-state index in [9.17, 15) is 4.79 Å². The number of esters is 1. The number of aliphatic hydroxyl groups excluding tert-OH is 1. The molecule has 1 aliphatic rings. The van der Waals surface area contributed by atoms with Gasteiger partial charge in [-0.15, -0.1) is 0 Å². The van der Waals surface area contributed by atoms with Gasteiger partial charge in [0, 0.05) is 13.0 Å². The number of ether oxygens (including phenoxy) is 1. The van der Waals surface area contributed by atoms with Crippen LogP contribution in [0.2, 0.25) is 0 Å². The Balaban J connectivity index is 2.31. The van der Waals surface area contributed by atoms with Crippen LogP contribution in [0.4, 0.5) is 0 Å². The summed E-state index contributed by atoms with van der Waals surface area (Å²) in [6.45, 7) is 2.65. The molecule has 0 aromatic heterocycles. The van der Waals surface area contributed by atoms with Gasteiger partial charge in [-0.2, -0.15) is 0 Å². The summed E-state index contributed by atoms with van der Waals surface area (Å²) < 4.78 is 4.76. The molecule has 1 saturated heterocycles. The molecule has 64 valence electrons. The van der Waals surface area contributed by atoms with Crippen LogP contribution in [0.3, 0.4) is 0 Å². The molecule has 0 saturated carbocycles. The number of aliphatic hydroxyl groups is 1. The Bertz CT molecular complexity index is 149. The molecule has 0 radical (unpaired) electrons. The van der Waals surface area contributed by atoms with Crippen molar-refractivity contribution in [2.24, 2.45) is 0 Å². The first-order valence-corrected chi connectivity index (χ1v) is 3.82. The summed E-state index contributed by atoms with van der Waals surface area (Å²) in [6, 6.07) is -0.301. The van der Waals surface area contributed by atoms with Crippen molar-refractivity contribution in [3.63, 3.8) is 0 Å². The third-order valence-corrected chi connectivity index (χ3v) is 1.68. The van der Waals surface area contributed by atoms with Crippen LogP contribution in [0.1, 0.15) is 13.3 Å². The standard InChI is InChI=1S/C7H13NO3/c1-2-11-7(10)6-3-5(9)4-8-6/h5-6,8-9H,2-4H2,1H3. The van der Waals surface area contributed by atoms with Crippen LogP contribution >= 0.6 is 0 Å². The minimum Gasteiger partial charge on any atom is -0.465 e. The lowest BCUT2D eigenvalue weighted by Gasteiger charge is -2.07. The van der Waals surface area contributed by atoms with Gasteiger partial charge in [-0.25, -0.2) is 0 Å². The van der Waals surface area contributed by atoms with Crippen molar-refractivity contribution in [3.8, 4) is 0 Å². The second-order valence-electron chi connectivity index (χ2n) is 2.60. The second-order valence-corrected chi connectivity index (χ2v) is 2.60. The van der Waals surface area contributed by atoms with Crippen molar-refractivity contribution < 1.29 is 14.6 Å². The highest BCUT2D eigenvalue weighted by atomic mass is 16.5. The number of hydrogen-bond acceptors (Lipinski definition) is 4. The third-order valence-electron chi connectivity index (χ3n) is 1.68. The van der Waals surface area contributed by atoms with Gasteiger partial charge in [-0.3, -0.25) is 4.79 Å². The Kier molecular flexibility index (Phi) is 2.84. The van der Waals surface area contributed by atoms with Gasteiger partial charge >= 0.3 is 5.97 Å². The number of carbonyl (C=O) groups is 1. The van der Waals surface area contributed by atoms with E-state index in [-0.39, 0.29) is 12.0 Å². The molecule has 1 rings (SSSR count). The van der Waals surface area contributed by atoms with Gasteiger partial charge < -0.3 is 15.2 Å². The first kappa shape index (κ1) is 8.49. The molecule has 4 heteroatoms. The smallest absolute Gasteiger partial charge is 0.323 e. The van der Waals surface area contributed by atoms with Crippen LogP contribution in [0.15, 0.2) is 0 Å². The van der Waals surface area contributed by atoms with E-state index in [1.54, 1.807) is 6.92 Å². The van der Waals surface area contributed by atoms with Crippen molar-refractivity contribution >= 4 is 5.97 Å². The van der Waals surface area contributed by atoms with Crippen molar-refractivity contribution in [1.82, 2.24) is 5.32 Å². The highest BCUT2D eigenvalue weighted by Crippen LogP contribution is 2.07. The molecule has 0 amide bonds. The third kappa shape index (κ3) is 2.17. The largest absolute Gasteiger partial charge is 0.465 e. The summed E-state index contributed by atoms with van der Waals surface area (Å²) in [5.74, 6) is -0.260. The summed E-state index contributed by atoms with van der Waals surface area (Å²) in [7, 11) is 0. The Hall–Kier alpha value is -0.610. The summed E-state index contributed by atoms with van der Waals surface area (Å²) in [4.78, 5) is 11.0. The lowest BCUT2D eigenvalue weighted by molar-refractivity contribution is -0.145. The Morgan fingerprint density at radius 1 is 1.82 bits per heavy atom. The zero-order chi connectivity index (χ0) is 8.27. The fraction of sp³-hybridized carbons (Fsp3) is 0.857. The number of nitrogens with one attached hydrogen (secondary N) is 1. The van der Waals surface area contributed by atoms with Gasteiger partial charge in [0.25, 0.3) is 0 Å². The molecule has 1 heterocycles. The minimum atomic E-state index is -0.399. The summed E-state index contributed by atoms with van der Waals surface area (Å²) in [6.07, 6.45) is 0.0724. The van der Waals surface area contributed by atoms with Crippen molar-refractivity contribution in [3.05, 3.63) is 0 Å². The maximum Gasteiger partial charge on any atom is 0.323 e. The maximum absolute atomic E-state index is 11.0. The van der Waals surface area contributed by atoms with E-state index in [2.05, 4.69) is 5.32 Å². The van der Waals surface area contributed by atoms with Gasteiger partial charge in [-0.1, -0.05) is 0 Å². The quantitative estimate of drug-likeness (QED) is 0.522. The first-order valence-electron chi connectivity index (χ1n) is 3.82. The molecule has 0 bridgehead atoms. The Morgan fingerprint density at radius 3 is 3.00 bits per heavy atom. The molecule has 0 aliphatic carbocycles. The molecule has 0 aromatic carbocycles. The van der Waals surface area contributed by atoms with E-state index in [0.29, 0.717) is 19.6 Å². The number of hydrogen-bond donors (Lipinski definition) is 2. The molecule has 2 unspecified atom stereocenters. The number of carbonyl (C=O) groups excluding carboxylic acids is 1. The van der Waals surface area contributed by atoms with Gasteiger partial charge in [0.15, 0.2) is 0 Å². The lowest BCUT2D eigenvalue weighted by Crippen LogP contribution is -2.32. The number of rotatable bonds is 2. The molecule has 2 N–H and O–H groups in total. The summed E-state index contributed by atoms with van der Waals surface area (Å²) in [5.41, 5.74) is 0. The van der Waals surface area contributed by atoms with E-state index in [1.807, 2.05) is 0 Å². The Labute approximate surface area is 65.5 Å². The topological polar surface area (TPSA) is 58.6 Å². The monoisotopic (exact) mass is 159 g/mol. The zero-order valence-electron chi connectivity index (χ0n) is 6.54. The molecule has 2 atom stereocenters. The number of β-amino-alcohol motifs (C(OH)–C–C–N with tert-alkyl or cyclic N) is 1. The highest BCUT2D eigenvalue weighted by Gasteiger charge is 2.28. The van der Waals surface area contributed by atoms with E-state index >= 15 is 0 Å². The van der Waals surface area contributed by atoms with Crippen LogP contribution < -0.4 is 5.32 Å². The maximum atomic E-state index is 11.0. The molecule has 0 aromatic rings. The second kappa shape index (κ2) is 3.69. The van der Waals surface area contributed by atoms with Crippen LogP contribution in [-0.4, -0.2) is 36.4 Å². The van der Waals surface area contributed by atoms with Crippen molar-refractivity contribution in [2.75, 3.05) is 13.2 Å². The van der Waals surface area contributed by atoms with Crippen LogP contribution in [0.25, 0.3) is 0 Å². The lowest BCUT2D eigenvalue weighted by atomic mass is 10.2. The zero-order valence-corrected chi connectivity index (χ0v) is 6.54. The van der Waals surface area contributed by atoms with Gasteiger partial charge in [0.05, 0.1) is 12.7 Å². The van der Waals surface area contributed by atoms with Crippen molar-refractivity contribution in [2.45, 2.75) is 25.5 Å². The van der Waals surface area contributed by atoms with Gasteiger partial charge in [0.2, 0.25) is 0 Å². The predicted molar refractivity (Wildman–Crippen MR) is 39.0 cm³/mol. The predicted octanol–water partition coefficient (Wildman–Crippen LogP) is -0.728. The van der Waals surface area contributed by atoms with E-state index in [0.717, 1.165) is 0 Å². The molecule has 4 nitrogen and oxygen atoms in total. The molecule has 0 spiro atoms. The fourth-order valence-electron chi connectivity index (χ4n) is 1.14. The summed E-state index contributed by atoms with van der Waals surface area (Å²) in [5, 5.41) is 11.9. The summed E-state index contributed by atoms with van der Waals surface area (Å²) >= 11 is 0. The molecule has 11 heavy (non-hydrogen) atoms. The average Bonchev–Trinajstić information content (AvgIpc) is 2.36. The minimum absolute atomic E-state index is 0.260. The average molecular weight is 159 g/mol. The van der Waals surface area contributed by atoms with E-state index in [1.165, 1.54) is 0 Å². The Morgan fingerprint density at radius 2 is 2.55 bits per heavy atom. The molecule has 1 fully saturated rings. The van der Waals surface area contributed by atoms with Gasteiger partial charge in [0.1, 0.15) is 6.04 Å². The molecular formula is C7H13NO3. The first-order chi connectivity index (χ1) is 5.24. The molecule has 1 aliphatic heterocycles. The van der Waals surface area contributed by atoms with E-state index in [4.69, 9.17) is 9.84 Å². The SMILES string of the molecule is CCOC(=O)C1CC(O)CN1. The normalized spacial score (nSPS) is 30.4. The fourth-order valence-corrected chi connectivity index (χ4v) is 1.14. The van der Waals surface area contributed by atoms with Crippen LogP contribution in [0.5, 0.6) is 0 Å². The highest BCUT2D eigenvalue weighted by molar-refractivity contribution is 5.76. The molecular weight excluding hydrogens is 146 g/mol. The van der Waals surface area contributed by atoms with Crippen LogP contribution in [0, 0.1) is 0 Å².